The molecule has 0 aliphatic carbocycles. The number of benzene rings is 1. The first-order valence-electron chi connectivity index (χ1n) is 15.9. The highest BCUT2D eigenvalue weighted by molar-refractivity contribution is 7.24. The van der Waals surface area contributed by atoms with Crippen molar-refractivity contribution in [2.75, 3.05) is 38.5 Å². The van der Waals surface area contributed by atoms with Gasteiger partial charge in [0.25, 0.3) is 0 Å². The van der Waals surface area contributed by atoms with Gasteiger partial charge in [0.05, 0.1) is 15.8 Å². The maximum Gasteiger partial charge on any atom is 0.215 e. The van der Waals surface area contributed by atoms with Crippen LogP contribution in [0.15, 0.2) is 45.4 Å². The van der Waals surface area contributed by atoms with E-state index in [1.807, 2.05) is 20.1 Å². The number of anilines is 1. The van der Waals surface area contributed by atoms with Crippen LogP contribution in [0.1, 0.15) is 91.3 Å². The minimum absolute atomic E-state index is 0.0972. The zero-order valence-corrected chi connectivity index (χ0v) is 27.2. The number of rotatable bonds is 9. The standard InChI is InChI=1S/C32H45N5OS.C2H6/c1-6-17-36(18-9-10-22(2)3)31-23(4)13-14-26-25(21-33-31)30(38)29(34-24-15-19-35(5)20-16-24)32-37(26)27-11-7-8-12-28(27)39-32;1-2/h7-8,11-12,21-22,24,34H,6,9-10,13-20H2,1-5H3;1-2H3/b31-23-,33-21-;. The van der Waals surface area contributed by atoms with Gasteiger partial charge in [-0.15, -0.1) is 11.3 Å². The van der Waals surface area contributed by atoms with Crippen molar-refractivity contribution in [1.82, 2.24) is 14.2 Å². The van der Waals surface area contributed by atoms with Gasteiger partial charge < -0.3 is 19.5 Å². The molecule has 0 amide bonds. The predicted octanol–water partition coefficient (Wildman–Crippen LogP) is 7.79. The smallest absolute Gasteiger partial charge is 0.215 e. The number of fused-ring (bicyclic) bond motifs is 5. The summed E-state index contributed by atoms with van der Waals surface area (Å²) in [6, 6.07) is 8.86. The lowest BCUT2D eigenvalue weighted by Gasteiger charge is -2.30. The molecule has 6 nitrogen and oxygen atoms in total. The topological polar surface area (TPSA) is 52.4 Å². The van der Waals surface area contributed by atoms with Crippen molar-refractivity contribution in [2.24, 2.45) is 10.9 Å². The second-order valence-corrected chi connectivity index (χ2v) is 12.9. The van der Waals surface area contributed by atoms with E-state index in [0.717, 1.165) is 92.3 Å². The maximum absolute atomic E-state index is 14.2. The number of hydrogen-bond donors (Lipinski definition) is 1. The van der Waals surface area contributed by atoms with Gasteiger partial charge in [-0.2, -0.15) is 0 Å². The molecule has 7 heteroatoms. The van der Waals surface area contributed by atoms with Crippen molar-refractivity contribution in [3.05, 3.63) is 57.1 Å². The number of nitrogens with zero attached hydrogens (tertiary/aromatic N) is 4. The van der Waals surface area contributed by atoms with Crippen molar-refractivity contribution in [3.8, 4) is 0 Å². The van der Waals surface area contributed by atoms with E-state index < -0.39 is 0 Å². The SMILES string of the molecule is CC.CCCN(CCCC(C)C)C1=C(/C)CCc2c(c(=O)c(NC3CCN(C)CC3)c3sc4ccccc4n23)/C=N\1. The number of thiazole rings is 1. The Morgan fingerprint density at radius 3 is 2.56 bits per heavy atom. The van der Waals surface area contributed by atoms with Gasteiger partial charge in [0, 0.05) is 31.0 Å². The Balaban J connectivity index is 0.00000189. The average Bonchev–Trinajstić information content (AvgIpc) is 3.34. The van der Waals surface area contributed by atoms with Crippen LogP contribution in [0.5, 0.6) is 0 Å². The molecule has 0 atom stereocenters. The number of aryl methyl sites for hydroxylation is 1. The fourth-order valence-corrected chi connectivity index (χ4v) is 7.23. The number of hydrogen-bond acceptors (Lipinski definition) is 6. The Kier molecular flexibility index (Phi) is 11.1. The van der Waals surface area contributed by atoms with E-state index in [9.17, 15) is 4.79 Å². The zero-order valence-electron chi connectivity index (χ0n) is 26.4. The molecule has 0 radical (unpaired) electrons. The van der Waals surface area contributed by atoms with Gasteiger partial charge >= 0.3 is 0 Å². The molecule has 5 rings (SSSR count). The molecule has 2 aliphatic heterocycles. The average molecular weight is 578 g/mol. The van der Waals surface area contributed by atoms with Gasteiger partial charge in [0.2, 0.25) is 5.43 Å². The van der Waals surface area contributed by atoms with Crippen molar-refractivity contribution >= 4 is 38.3 Å². The Morgan fingerprint density at radius 1 is 1.12 bits per heavy atom. The van der Waals surface area contributed by atoms with Crippen LogP contribution in [0.25, 0.3) is 15.0 Å². The predicted molar refractivity (Wildman–Crippen MR) is 179 cm³/mol. The molecule has 4 heterocycles. The molecule has 41 heavy (non-hydrogen) atoms. The second kappa shape index (κ2) is 14.5. The number of aliphatic imine (C=N–C) groups is 1. The van der Waals surface area contributed by atoms with Gasteiger partial charge in [-0.25, -0.2) is 4.99 Å². The molecule has 224 valence electrons. The lowest BCUT2D eigenvalue weighted by molar-refractivity contribution is 0.264. The molecule has 2 aliphatic rings. The summed E-state index contributed by atoms with van der Waals surface area (Å²) in [6.45, 7) is 17.2. The Morgan fingerprint density at radius 2 is 1.85 bits per heavy atom. The van der Waals surface area contributed by atoms with Crippen LogP contribution in [-0.2, 0) is 6.42 Å². The minimum Gasteiger partial charge on any atom is -0.377 e. The van der Waals surface area contributed by atoms with Crippen molar-refractivity contribution in [2.45, 2.75) is 92.5 Å². The van der Waals surface area contributed by atoms with E-state index in [2.05, 4.69) is 78.5 Å². The summed E-state index contributed by atoms with van der Waals surface area (Å²) in [5, 5.41) is 3.73. The summed E-state index contributed by atoms with van der Waals surface area (Å²) >= 11 is 1.73. The largest absolute Gasteiger partial charge is 0.377 e. The van der Waals surface area contributed by atoms with Crippen LogP contribution in [0.4, 0.5) is 5.69 Å². The zero-order chi connectivity index (χ0) is 29.5. The van der Waals surface area contributed by atoms with E-state index in [1.54, 1.807) is 11.3 Å². The Hall–Kier alpha value is -2.64. The van der Waals surface area contributed by atoms with Gasteiger partial charge in [-0.1, -0.05) is 46.8 Å². The molecule has 3 aromatic rings. The number of piperidine rings is 1. The molecule has 1 saturated heterocycles. The second-order valence-electron chi connectivity index (χ2n) is 11.9. The molecule has 0 bridgehead atoms. The van der Waals surface area contributed by atoms with E-state index in [-0.39, 0.29) is 5.43 Å². The maximum atomic E-state index is 14.2. The highest BCUT2D eigenvalue weighted by atomic mass is 32.1. The van der Waals surface area contributed by atoms with E-state index in [1.165, 1.54) is 22.2 Å². The molecule has 0 unspecified atom stereocenters. The van der Waals surface area contributed by atoms with E-state index in [4.69, 9.17) is 4.99 Å². The lowest BCUT2D eigenvalue weighted by Crippen LogP contribution is -2.38. The van der Waals surface area contributed by atoms with Gasteiger partial charge in [-0.3, -0.25) is 4.79 Å². The first kappa shape index (κ1) is 31.3. The van der Waals surface area contributed by atoms with Gasteiger partial charge in [0.15, 0.2) is 0 Å². The van der Waals surface area contributed by atoms with Crippen molar-refractivity contribution in [3.63, 3.8) is 0 Å². The highest BCUT2D eigenvalue weighted by Gasteiger charge is 2.25. The molecule has 2 aromatic heterocycles. The van der Waals surface area contributed by atoms with Crippen molar-refractivity contribution in [1.29, 1.82) is 0 Å². The van der Waals surface area contributed by atoms with E-state index in [0.29, 0.717) is 12.0 Å². The molecule has 1 aromatic carbocycles. The van der Waals surface area contributed by atoms with Crippen LogP contribution in [0.2, 0.25) is 0 Å². The molecular weight excluding hydrogens is 526 g/mol. The molecular formula is C34H51N5OS. The Bertz CT molecular complexity index is 1420. The third-order valence-corrected chi connectivity index (χ3v) is 9.43. The van der Waals surface area contributed by atoms with Crippen LogP contribution in [-0.4, -0.2) is 59.7 Å². The normalized spacial score (nSPS) is 19.0. The number of allylic oxidation sites excluding steroid dienone is 1. The fourth-order valence-electron chi connectivity index (χ4n) is 6.05. The van der Waals surface area contributed by atoms with E-state index >= 15 is 0 Å². The fraction of sp³-hybridized carbons (Fsp3) is 0.588. The Labute approximate surface area is 251 Å². The number of nitrogens with one attached hydrogen (secondary N) is 1. The monoisotopic (exact) mass is 577 g/mol. The number of aromatic nitrogens is 1. The molecule has 1 N–H and O–H groups in total. The van der Waals surface area contributed by atoms with Crippen LogP contribution < -0.4 is 10.7 Å². The number of likely N-dealkylation sites (tertiary alicyclic amines) is 1. The molecule has 0 saturated carbocycles. The number of pyridine rings is 1. The summed E-state index contributed by atoms with van der Waals surface area (Å²) in [7, 11) is 2.18. The lowest BCUT2D eigenvalue weighted by atomic mass is 10.0. The van der Waals surface area contributed by atoms with Crippen molar-refractivity contribution < 1.29 is 0 Å². The summed E-state index contributed by atoms with van der Waals surface area (Å²) in [5.74, 6) is 1.77. The summed E-state index contributed by atoms with van der Waals surface area (Å²) in [5.41, 5.74) is 5.17. The summed E-state index contributed by atoms with van der Waals surface area (Å²) in [4.78, 5) is 25.2. The quantitative estimate of drug-likeness (QED) is 0.282. The third kappa shape index (κ3) is 7.06. The minimum atomic E-state index is 0.0972. The molecule has 0 spiro atoms. The van der Waals surface area contributed by atoms with Crippen LogP contribution >= 0.6 is 11.3 Å². The third-order valence-electron chi connectivity index (χ3n) is 8.29. The molecule has 1 fully saturated rings. The van der Waals surface area contributed by atoms with Gasteiger partial charge in [-0.05, 0) is 95.6 Å². The summed E-state index contributed by atoms with van der Waals surface area (Å²) < 4.78 is 3.56. The van der Waals surface area contributed by atoms with Crippen LogP contribution in [0.3, 0.4) is 0 Å². The first-order valence-corrected chi connectivity index (χ1v) is 16.7. The van der Waals surface area contributed by atoms with Gasteiger partial charge in [0.1, 0.15) is 16.3 Å². The highest BCUT2D eigenvalue weighted by Crippen LogP contribution is 2.34. The van der Waals surface area contributed by atoms with Crippen LogP contribution in [0, 0.1) is 5.92 Å². The first-order chi connectivity index (χ1) is 19.9. The number of para-hydroxylation sites is 1. The summed E-state index contributed by atoms with van der Waals surface area (Å²) in [6.07, 6.45) is 9.18.